The van der Waals surface area contributed by atoms with Crippen molar-refractivity contribution < 1.29 is 4.79 Å². The van der Waals surface area contributed by atoms with Crippen molar-refractivity contribution >= 4 is 11.8 Å². The van der Waals surface area contributed by atoms with Crippen LogP contribution in [0.4, 0.5) is 5.69 Å². The van der Waals surface area contributed by atoms with Gasteiger partial charge >= 0.3 is 0 Å². The first-order chi connectivity index (χ1) is 4.74. The van der Waals surface area contributed by atoms with E-state index in [0.29, 0.717) is 5.69 Å². The fourth-order valence-corrected chi connectivity index (χ4v) is 0.746. The Morgan fingerprint density at radius 1 is 1.80 bits per heavy atom. The second-order valence-corrected chi connectivity index (χ2v) is 1.98. The summed E-state index contributed by atoms with van der Waals surface area (Å²) in [5.41, 5.74) is 1.32. The van der Waals surface area contributed by atoms with Crippen LogP contribution in [-0.4, -0.2) is 15.9 Å². The molecule has 0 aliphatic rings. The molecular formula is C6H7N3O. The first-order valence-corrected chi connectivity index (χ1v) is 2.82. The molecule has 0 radical (unpaired) electrons. The Bertz CT molecular complexity index is 283. The number of aryl methyl sites for hydroxylation is 2. The van der Waals surface area contributed by atoms with Gasteiger partial charge in [0.25, 0.3) is 0 Å². The molecule has 1 rings (SSSR count). The molecule has 4 nitrogen and oxygen atoms in total. The first-order valence-electron chi connectivity index (χ1n) is 2.82. The first kappa shape index (κ1) is 6.71. The van der Waals surface area contributed by atoms with Crippen molar-refractivity contribution in [3.63, 3.8) is 0 Å². The maximum Gasteiger partial charge on any atom is 0.240 e. The highest BCUT2D eigenvalue weighted by molar-refractivity contribution is 5.49. The van der Waals surface area contributed by atoms with E-state index in [1.165, 1.54) is 6.08 Å². The number of rotatable bonds is 1. The number of carbonyl (C=O) groups excluding carboxylic acids is 1. The minimum Gasteiger partial charge on any atom is -0.273 e. The number of hydrogen-bond acceptors (Lipinski definition) is 3. The lowest BCUT2D eigenvalue weighted by atomic mass is 10.4. The van der Waals surface area contributed by atoms with E-state index in [1.807, 2.05) is 0 Å². The highest BCUT2D eigenvalue weighted by Crippen LogP contribution is 2.13. The van der Waals surface area contributed by atoms with Crippen LogP contribution in [0.5, 0.6) is 0 Å². The third kappa shape index (κ3) is 1.11. The van der Waals surface area contributed by atoms with Crippen molar-refractivity contribution in [2.24, 2.45) is 12.0 Å². The lowest BCUT2D eigenvalue weighted by Gasteiger charge is -1.79. The van der Waals surface area contributed by atoms with E-state index in [0.717, 1.165) is 5.69 Å². The minimum atomic E-state index is 0.581. The molecule has 52 valence electrons. The predicted octanol–water partition coefficient (Wildman–Crippen LogP) is 0.696. The molecule has 0 aliphatic heterocycles. The van der Waals surface area contributed by atoms with Crippen molar-refractivity contribution in [2.75, 3.05) is 0 Å². The zero-order valence-corrected chi connectivity index (χ0v) is 5.83. The summed E-state index contributed by atoms with van der Waals surface area (Å²) in [6, 6.07) is 0. The molecular weight excluding hydrogens is 130 g/mol. The third-order valence-electron chi connectivity index (χ3n) is 1.15. The van der Waals surface area contributed by atoms with Crippen LogP contribution in [0.1, 0.15) is 5.69 Å². The summed E-state index contributed by atoms with van der Waals surface area (Å²) in [7, 11) is 1.77. The molecule has 0 atom stereocenters. The summed E-state index contributed by atoms with van der Waals surface area (Å²) >= 11 is 0. The molecule has 4 heteroatoms. The Labute approximate surface area is 58.2 Å². The summed E-state index contributed by atoms with van der Waals surface area (Å²) in [5, 5.41) is 3.97. The number of nitrogens with zero attached hydrogens (tertiary/aromatic N) is 3. The van der Waals surface area contributed by atoms with Crippen LogP contribution in [0.3, 0.4) is 0 Å². The Balaban J connectivity index is 3.14. The van der Waals surface area contributed by atoms with Gasteiger partial charge in [-0.2, -0.15) is 10.1 Å². The lowest BCUT2D eigenvalue weighted by Crippen LogP contribution is -1.86. The molecule has 0 saturated carbocycles. The van der Waals surface area contributed by atoms with Gasteiger partial charge in [-0.05, 0) is 6.92 Å². The largest absolute Gasteiger partial charge is 0.273 e. The minimum absolute atomic E-state index is 0.581. The van der Waals surface area contributed by atoms with Gasteiger partial charge in [-0.15, -0.1) is 0 Å². The smallest absolute Gasteiger partial charge is 0.240 e. The van der Waals surface area contributed by atoms with Crippen LogP contribution in [0.25, 0.3) is 0 Å². The highest BCUT2D eigenvalue weighted by Gasteiger charge is 1.98. The van der Waals surface area contributed by atoms with E-state index < -0.39 is 0 Å². The summed E-state index contributed by atoms with van der Waals surface area (Å²) in [4.78, 5) is 13.2. The molecule has 0 N–H and O–H groups in total. The number of aromatic nitrogens is 2. The average molecular weight is 137 g/mol. The Morgan fingerprint density at radius 2 is 2.50 bits per heavy atom. The lowest BCUT2D eigenvalue weighted by molar-refractivity contribution is 0.565. The summed E-state index contributed by atoms with van der Waals surface area (Å²) < 4.78 is 1.60. The van der Waals surface area contributed by atoms with E-state index in [4.69, 9.17) is 0 Å². The molecule has 1 aromatic rings. The van der Waals surface area contributed by atoms with E-state index >= 15 is 0 Å². The quantitative estimate of drug-likeness (QED) is 0.422. The number of aliphatic imine (C=N–C) groups is 1. The van der Waals surface area contributed by atoms with Crippen molar-refractivity contribution in [3.8, 4) is 0 Å². The van der Waals surface area contributed by atoms with Crippen molar-refractivity contribution in [3.05, 3.63) is 11.9 Å². The molecule has 0 amide bonds. The fraction of sp³-hybridized carbons (Fsp3) is 0.333. The molecule has 0 bridgehead atoms. The summed E-state index contributed by atoms with van der Waals surface area (Å²) in [6.45, 7) is 1.79. The zero-order valence-electron chi connectivity index (χ0n) is 5.83. The van der Waals surface area contributed by atoms with E-state index in [1.54, 1.807) is 24.9 Å². The maximum atomic E-state index is 9.81. The molecule has 1 aromatic heterocycles. The molecule has 0 unspecified atom stereocenters. The average Bonchev–Trinajstić information content (AvgIpc) is 2.13. The number of isocyanates is 1. The van der Waals surface area contributed by atoms with Crippen LogP contribution in [-0.2, 0) is 11.8 Å². The van der Waals surface area contributed by atoms with Crippen LogP contribution in [0.2, 0.25) is 0 Å². The molecule has 0 fully saturated rings. The van der Waals surface area contributed by atoms with Gasteiger partial charge in [-0.25, -0.2) is 4.79 Å². The Kier molecular flexibility index (Phi) is 1.65. The van der Waals surface area contributed by atoms with Gasteiger partial charge in [0.15, 0.2) is 0 Å². The normalized spacial score (nSPS) is 9.00. The molecule has 1 heterocycles. The van der Waals surface area contributed by atoms with Crippen molar-refractivity contribution in [1.29, 1.82) is 0 Å². The number of hydrogen-bond donors (Lipinski definition) is 0. The predicted molar refractivity (Wildman–Crippen MR) is 35.7 cm³/mol. The Hall–Kier alpha value is -1.41. The van der Waals surface area contributed by atoms with Gasteiger partial charge in [0.1, 0.15) is 5.69 Å². The highest BCUT2D eigenvalue weighted by atomic mass is 16.1. The fourth-order valence-electron chi connectivity index (χ4n) is 0.746. The third-order valence-corrected chi connectivity index (χ3v) is 1.15. The SMILES string of the molecule is Cc1nn(C)cc1N=C=O. The van der Waals surface area contributed by atoms with E-state index in [-0.39, 0.29) is 0 Å². The van der Waals surface area contributed by atoms with E-state index in [2.05, 4.69) is 10.1 Å². The topological polar surface area (TPSA) is 47.2 Å². The van der Waals surface area contributed by atoms with Crippen LogP contribution >= 0.6 is 0 Å². The molecule has 0 spiro atoms. The summed E-state index contributed by atoms with van der Waals surface area (Å²) in [5.74, 6) is 0. The molecule has 0 aromatic carbocycles. The van der Waals surface area contributed by atoms with Gasteiger partial charge in [0.2, 0.25) is 6.08 Å². The summed E-state index contributed by atoms with van der Waals surface area (Å²) in [6.07, 6.45) is 3.13. The Morgan fingerprint density at radius 3 is 2.90 bits per heavy atom. The van der Waals surface area contributed by atoms with Crippen molar-refractivity contribution in [2.45, 2.75) is 6.92 Å². The zero-order chi connectivity index (χ0) is 7.56. The molecule has 10 heavy (non-hydrogen) atoms. The van der Waals surface area contributed by atoms with Gasteiger partial charge in [-0.3, -0.25) is 4.68 Å². The van der Waals surface area contributed by atoms with Crippen LogP contribution in [0, 0.1) is 6.92 Å². The molecule has 0 aliphatic carbocycles. The monoisotopic (exact) mass is 137 g/mol. The molecule has 0 saturated heterocycles. The van der Waals surface area contributed by atoms with Crippen LogP contribution in [0.15, 0.2) is 11.2 Å². The van der Waals surface area contributed by atoms with Gasteiger partial charge in [0, 0.05) is 7.05 Å². The second-order valence-electron chi connectivity index (χ2n) is 1.98. The van der Waals surface area contributed by atoms with E-state index in [9.17, 15) is 4.79 Å². The van der Waals surface area contributed by atoms with Gasteiger partial charge in [-0.1, -0.05) is 0 Å². The van der Waals surface area contributed by atoms with Crippen molar-refractivity contribution in [1.82, 2.24) is 9.78 Å². The van der Waals surface area contributed by atoms with Gasteiger partial charge < -0.3 is 0 Å². The van der Waals surface area contributed by atoms with Crippen LogP contribution < -0.4 is 0 Å². The standard InChI is InChI=1S/C6H7N3O/c1-5-6(7-4-10)3-9(2)8-5/h3H,1-2H3. The second kappa shape index (κ2) is 2.45. The van der Waals surface area contributed by atoms with Gasteiger partial charge in [0.05, 0.1) is 11.9 Å². The maximum absolute atomic E-state index is 9.81.